The zero-order valence-electron chi connectivity index (χ0n) is 10.2. The standard InChI is InChI=1S/C14H18N2O/c1-2-14(17)16-13-10-6-5-9-12(13)8-4-3-7-11-15/h5-6,9-10H,2-4,7-8H2,1H3,(H,16,17). The molecule has 1 N–H and O–H groups in total. The molecular formula is C14H18N2O. The summed E-state index contributed by atoms with van der Waals surface area (Å²) in [6.45, 7) is 1.84. The van der Waals surface area contributed by atoms with Crippen molar-refractivity contribution in [2.75, 3.05) is 5.32 Å². The molecule has 0 saturated carbocycles. The molecule has 0 heterocycles. The van der Waals surface area contributed by atoms with Gasteiger partial charge in [0, 0.05) is 18.5 Å². The van der Waals surface area contributed by atoms with Gasteiger partial charge in [0.15, 0.2) is 0 Å². The first-order valence-electron chi connectivity index (χ1n) is 6.02. The average Bonchev–Trinajstić information content (AvgIpc) is 2.36. The monoisotopic (exact) mass is 230 g/mol. The fraction of sp³-hybridized carbons (Fsp3) is 0.429. The van der Waals surface area contributed by atoms with Crippen LogP contribution in [0.15, 0.2) is 24.3 Å². The highest BCUT2D eigenvalue weighted by Crippen LogP contribution is 2.18. The van der Waals surface area contributed by atoms with Gasteiger partial charge in [0.2, 0.25) is 5.91 Å². The van der Waals surface area contributed by atoms with E-state index in [-0.39, 0.29) is 5.91 Å². The number of hydrogen-bond donors (Lipinski definition) is 1. The van der Waals surface area contributed by atoms with Crippen molar-refractivity contribution < 1.29 is 4.79 Å². The quantitative estimate of drug-likeness (QED) is 0.762. The molecule has 0 saturated heterocycles. The largest absolute Gasteiger partial charge is 0.326 e. The van der Waals surface area contributed by atoms with E-state index in [1.807, 2.05) is 31.2 Å². The highest BCUT2D eigenvalue weighted by molar-refractivity contribution is 5.91. The van der Waals surface area contributed by atoms with Gasteiger partial charge in [-0.2, -0.15) is 5.26 Å². The molecule has 1 rings (SSSR count). The molecule has 0 unspecified atom stereocenters. The summed E-state index contributed by atoms with van der Waals surface area (Å²) in [5, 5.41) is 11.4. The number of nitrogens with zero attached hydrogens (tertiary/aromatic N) is 1. The normalized spacial score (nSPS) is 9.65. The van der Waals surface area contributed by atoms with Crippen molar-refractivity contribution >= 4 is 11.6 Å². The minimum absolute atomic E-state index is 0.0366. The number of anilines is 1. The smallest absolute Gasteiger partial charge is 0.224 e. The number of carbonyl (C=O) groups is 1. The van der Waals surface area contributed by atoms with E-state index in [0.29, 0.717) is 12.8 Å². The van der Waals surface area contributed by atoms with Crippen molar-refractivity contribution in [3.63, 3.8) is 0 Å². The molecule has 1 aromatic carbocycles. The van der Waals surface area contributed by atoms with E-state index in [2.05, 4.69) is 11.4 Å². The number of amides is 1. The molecule has 0 aromatic heterocycles. The van der Waals surface area contributed by atoms with Crippen molar-refractivity contribution in [2.45, 2.75) is 39.0 Å². The summed E-state index contributed by atoms with van der Waals surface area (Å²) in [6, 6.07) is 9.98. The minimum Gasteiger partial charge on any atom is -0.326 e. The van der Waals surface area contributed by atoms with Crippen LogP contribution < -0.4 is 5.32 Å². The Kier molecular flexibility index (Phi) is 5.81. The molecule has 90 valence electrons. The van der Waals surface area contributed by atoms with E-state index in [4.69, 9.17) is 5.26 Å². The maximum absolute atomic E-state index is 11.4. The summed E-state index contributed by atoms with van der Waals surface area (Å²) >= 11 is 0. The predicted octanol–water partition coefficient (Wildman–Crippen LogP) is 3.27. The van der Waals surface area contributed by atoms with Crippen LogP contribution in [0.4, 0.5) is 5.69 Å². The van der Waals surface area contributed by atoms with Crippen molar-refractivity contribution in [1.29, 1.82) is 5.26 Å². The maximum Gasteiger partial charge on any atom is 0.224 e. The van der Waals surface area contributed by atoms with Gasteiger partial charge in [-0.15, -0.1) is 0 Å². The van der Waals surface area contributed by atoms with Gasteiger partial charge in [-0.1, -0.05) is 25.1 Å². The van der Waals surface area contributed by atoms with Gasteiger partial charge in [-0.05, 0) is 30.9 Å². The number of unbranched alkanes of at least 4 members (excludes halogenated alkanes) is 2. The summed E-state index contributed by atoms with van der Waals surface area (Å²) in [4.78, 5) is 11.4. The van der Waals surface area contributed by atoms with Gasteiger partial charge in [0.1, 0.15) is 0 Å². The number of aryl methyl sites for hydroxylation is 1. The SMILES string of the molecule is CCC(=O)Nc1ccccc1CCCCC#N. The van der Waals surface area contributed by atoms with Crippen LogP contribution in [0.1, 0.15) is 38.2 Å². The van der Waals surface area contributed by atoms with Gasteiger partial charge in [-0.25, -0.2) is 0 Å². The lowest BCUT2D eigenvalue weighted by molar-refractivity contribution is -0.115. The highest BCUT2D eigenvalue weighted by Gasteiger charge is 2.04. The van der Waals surface area contributed by atoms with E-state index in [9.17, 15) is 4.79 Å². The van der Waals surface area contributed by atoms with Crippen molar-refractivity contribution in [2.24, 2.45) is 0 Å². The Balaban J connectivity index is 2.58. The third kappa shape index (κ3) is 4.69. The van der Waals surface area contributed by atoms with Gasteiger partial charge in [0.25, 0.3) is 0 Å². The van der Waals surface area contributed by atoms with E-state index < -0.39 is 0 Å². The van der Waals surface area contributed by atoms with Gasteiger partial charge in [-0.3, -0.25) is 4.79 Å². The third-order valence-electron chi connectivity index (χ3n) is 2.60. The van der Waals surface area contributed by atoms with Crippen molar-refractivity contribution in [3.05, 3.63) is 29.8 Å². The molecule has 0 aliphatic carbocycles. The highest BCUT2D eigenvalue weighted by atomic mass is 16.1. The molecule has 0 spiro atoms. The number of hydrogen-bond acceptors (Lipinski definition) is 2. The van der Waals surface area contributed by atoms with Crippen LogP contribution in [0.25, 0.3) is 0 Å². The molecular weight excluding hydrogens is 212 g/mol. The van der Waals surface area contributed by atoms with E-state index in [1.165, 1.54) is 0 Å². The van der Waals surface area contributed by atoms with Gasteiger partial charge < -0.3 is 5.32 Å². The Morgan fingerprint density at radius 2 is 2.12 bits per heavy atom. The van der Waals surface area contributed by atoms with E-state index in [1.54, 1.807) is 0 Å². The molecule has 0 radical (unpaired) electrons. The second-order valence-electron chi connectivity index (χ2n) is 3.92. The summed E-state index contributed by atoms with van der Waals surface area (Å²) < 4.78 is 0. The zero-order valence-corrected chi connectivity index (χ0v) is 10.2. The van der Waals surface area contributed by atoms with Crippen LogP contribution in [0.2, 0.25) is 0 Å². The van der Waals surface area contributed by atoms with Crippen molar-refractivity contribution in [3.8, 4) is 6.07 Å². The minimum atomic E-state index is 0.0366. The first-order valence-corrected chi connectivity index (χ1v) is 6.02. The first kappa shape index (κ1) is 13.2. The van der Waals surface area contributed by atoms with Gasteiger partial charge in [0.05, 0.1) is 6.07 Å². The average molecular weight is 230 g/mol. The Labute approximate surface area is 102 Å². The number of nitrogens with one attached hydrogen (secondary N) is 1. The fourth-order valence-corrected chi connectivity index (χ4v) is 1.62. The maximum atomic E-state index is 11.4. The summed E-state index contributed by atoms with van der Waals surface area (Å²) in [6.07, 6.45) is 3.88. The number of nitriles is 1. The lowest BCUT2D eigenvalue weighted by Gasteiger charge is -2.09. The molecule has 0 aliphatic heterocycles. The van der Waals surface area contributed by atoms with Crippen molar-refractivity contribution in [1.82, 2.24) is 0 Å². The molecule has 17 heavy (non-hydrogen) atoms. The van der Waals surface area contributed by atoms with E-state index in [0.717, 1.165) is 30.5 Å². The molecule has 3 nitrogen and oxygen atoms in total. The lowest BCUT2D eigenvalue weighted by Crippen LogP contribution is -2.11. The third-order valence-corrected chi connectivity index (χ3v) is 2.60. The number of benzene rings is 1. The molecule has 0 bridgehead atoms. The Morgan fingerprint density at radius 1 is 1.35 bits per heavy atom. The second kappa shape index (κ2) is 7.45. The lowest BCUT2D eigenvalue weighted by atomic mass is 10.1. The van der Waals surface area contributed by atoms with Crippen LogP contribution in [0.3, 0.4) is 0 Å². The zero-order chi connectivity index (χ0) is 12.5. The van der Waals surface area contributed by atoms with Crippen LogP contribution in [-0.2, 0) is 11.2 Å². The molecule has 0 aliphatic rings. The number of para-hydroxylation sites is 1. The summed E-state index contributed by atoms with van der Waals surface area (Å²) in [5.74, 6) is 0.0366. The van der Waals surface area contributed by atoms with Crippen LogP contribution in [0.5, 0.6) is 0 Å². The second-order valence-corrected chi connectivity index (χ2v) is 3.92. The molecule has 3 heteroatoms. The Hall–Kier alpha value is -1.82. The fourth-order valence-electron chi connectivity index (χ4n) is 1.62. The Bertz CT molecular complexity index is 407. The predicted molar refractivity (Wildman–Crippen MR) is 68.5 cm³/mol. The first-order chi connectivity index (χ1) is 8.27. The Morgan fingerprint density at radius 3 is 2.82 bits per heavy atom. The van der Waals surface area contributed by atoms with Gasteiger partial charge >= 0.3 is 0 Å². The molecule has 1 amide bonds. The molecule has 0 atom stereocenters. The van der Waals surface area contributed by atoms with Crippen LogP contribution in [-0.4, -0.2) is 5.91 Å². The molecule has 0 fully saturated rings. The summed E-state index contributed by atoms with van der Waals surface area (Å²) in [5.41, 5.74) is 2.04. The summed E-state index contributed by atoms with van der Waals surface area (Å²) in [7, 11) is 0. The molecule has 1 aromatic rings. The topological polar surface area (TPSA) is 52.9 Å². The number of carbonyl (C=O) groups excluding carboxylic acids is 1. The van der Waals surface area contributed by atoms with Crippen LogP contribution in [0, 0.1) is 11.3 Å². The van der Waals surface area contributed by atoms with Crippen LogP contribution >= 0.6 is 0 Å². The van der Waals surface area contributed by atoms with E-state index >= 15 is 0 Å². The number of rotatable bonds is 6.